The summed E-state index contributed by atoms with van der Waals surface area (Å²) in [6, 6.07) is 16.9. The van der Waals surface area contributed by atoms with E-state index in [2.05, 4.69) is 17.1 Å². The number of anilines is 2. The highest BCUT2D eigenvalue weighted by atomic mass is 32.2. The molecule has 3 heterocycles. The Kier molecular flexibility index (Phi) is 7.22. The van der Waals surface area contributed by atoms with E-state index in [4.69, 9.17) is 9.72 Å². The molecule has 3 aromatic rings. The van der Waals surface area contributed by atoms with Crippen LogP contribution in [-0.2, 0) is 26.0 Å². The number of nitrogens with one attached hydrogen (secondary N) is 1. The fraction of sp³-hybridized carbons (Fsp3) is 0.407. The molecule has 1 aromatic heterocycles. The molecule has 0 radical (unpaired) electrons. The summed E-state index contributed by atoms with van der Waals surface area (Å²) in [6.07, 6.45) is 2.71. The Morgan fingerprint density at radius 2 is 1.83 bits per heavy atom. The summed E-state index contributed by atoms with van der Waals surface area (Å²) < 4.78 is 32.8. The molecule has 2 aromatic carbocycles. The third-order valence-electron chi connectivity index (χ3n) is 7.00. The highest BCUT2D eigenvalue weighted by Crippen LogP contribution is 2.27. The molecule has 190 valence electrons. The minimum Gasteiger partial charge on any atom is -0.379 e. The fourth-order valence-corrected chi connectivity index (χ4v) is 6.28. The third-order valence-corrected chi connectivity index (χ3v) is 8.89. The largest absolute Gasteiger partial charge is 0.379 e. The fourth-order valence-electron chi connectivity index (χ4n) is 4.83. The molecule has 1 atom stereocenters. The van der Waals surface area contributed by atoms with Crippen molar-refractivity contribution >= 4 is 38.3 Å². The zero-order valence-corrected chi connectivity index (χ0v) is 21.3. The molecule has 2 saturated heterocycles. The first-order valence-electron chi connectivity index (χ1n) is 12.6. The molecular weight excluding hydrogens is 476 g/mol. The molecule has 0 unspecified atom stereocenters. The SMILES string of the molecule is CCc1ccc(NC(=O)[C@H]2CCCN(c3ccc4cc(S(=O)(=O)N5CCOCC5)ccc4n3)C2)cc1. The van der Waals surface area contributed by atoms with Crippen LogP contribution in [0.5, 0.6) is 0 Å². The van der Waals surface area contributed by atoms with Gasteiger partial charge < -0.3 is 15.0 Å². The van der Waals surface area contributed by atoms with E-state index in [1.165, 1.54) is 9.87 Å². The van der Waals surface area contributed by atoms with Crippen molar-refractivity contribution in [1.29, 1.82) is 0 Å². The quantitative estimate of drug-likeness (QED) is 0.546. The summed E-state index contributed by atoms with van der Waals surface area (Å²) in [5, 5.41) is 3.83. The topological polar surface area (TPSA) is 91.8 Å². The van der Waals surface area contributed by atoms with Crippen molar-refractivity contribution in [2.24, 2.45) is 5.92 Å². The van der Waals surface area contributed by atoms with Crippen LogP contribution in [0.15, 0.2) is 59.5 Å². The number of benzene rings is 2. The molecule has 9 heteroatoms. The maximum Gasteiger partial charge on any atom is 0.243 e. The zero-order valence-electron chi connectivity index (χ0n) is 20.5. The molecule has 5 rings (SSSR count). The van der Waals surface area contributed by atoms with Gasteiger partial charge in [0.25, 0.3) is 0 Å². The normalized spacial score (nSPS) is 19.4. The number of fused-ring (bicyclic) bond motifs is 1. The Hall–Kier alpha value is -3.01. The van der Waals surface area contributed by atoms with Crippen LogP contribution in [0.1, 0.15) is 25.3 Å². The Bertz CT molecular complexity index is 1340. The summed E-state index contributed by atoms with van der Waals surface area (Å²) in [5.74, 6) is 0.710. The van der Waals surface area contributed by atoms with Gasteiger partial charge >= 0.3 is 0 Å². The van der Waals surface area contributed by atoms with Crippen LogP contribution in [0.3, 0.4) is 0 Å². The summed E-state index contributed by atoms with van der Waals surface area (Å²) in [5.41, 5.74) is 2.79. The van der Waals surface area contributed by atoms with Crippen LogP contribution in [-0.4, -0.2) is 63.0 Å². The second kappa shape index (κ2) is 10.5. The van der Waals surface area contributed by atoms with E-state index in [-0.39, 0.29) is 16.7 Å². The highest BCUT2D eigenvalue weighted by molar-refractivity contribution is 7.89. The summed E-state index contributed by atoms with van der Waals surface area (Å²) in [7, 11) is -3.56. The minimum atomic E-state index is -3.56. The van der Waals surface area contributed by atoms with Gasteiger partial charge in [0.15, 0.2) is 0 Å². The number of sulfonamides is 1. The number of piperidine rings is 1. The van der Waals surface area contributed by atoms with Gasteiger partial charge in [0.1, 0.15) is 5.82 Å². The Labute approximate surface area is 212 Å². The van der Waals surface area contributed by atoms with Crippen molar-refractivity contribution in [3.05, 3.63) is 60.2 Å². The molecule has 0 bridgehead atoms. The van der Waals surface area contributed by atoms with E-state index in [9.17, 15) is 13.2 Å². The number of morpholine rings is 1. The molecule has 0 aliphatic carbocycles. The number of aromatic nitrogens is 1. The highest BCUT2D eigenvalue weighted by Gasteiger charge is 2.28. The zero-order chi connectivity index (χ0) is 25.1. The lowest BCUT2D eigenvalue weighted by Gasteiger charge is -2.33. The monoisotopic (exact) mass is 508 g/mol. The van der Waals surface area contributed by atoms with Crippen molar-refractivity contribution in [2.45, 2.75) is 31.1 Å². The molecular formula is C27H32N4O4S. The minimum absolute atomic E-state index is 0.0303. The first-order chi connectivity index (χ1) is 17.4. The lowest BCUT2D eigenvalue weighted by molar-refractivity contribution is -0.120. The predicted octanol–water partition coefficient (Wildman–Crippen LogP) is 3.67. The maximum atomic E-state index is 13.0. The molecule has 2 aliphatic rings. The molecule has 1 N–H and O–H groups in total. The molecule has 0 spiro atoms. The third kappa shape index (κ3) is 5.23. The van der Waals surface area contributed by atoms with Crippen LogP contribution in [0.25, 0.3) is 10.9 Å². The van der Waals surface area contributed by atoms with Gasteiger partial charge in [-0.1, -0.05) is 19.1 Å². The first-order valence-corrected chi connectivity index (χ1v) is 14.0. The Morgan fingerprint density at radius 3 is 2.58 bits per heavy atom. The van der Waals surface area contributed by atoms with Crippen molar-refractivity contribution in [3.8, 4) is 0 Å². The standard InChI is InChI=1S/C27H32N4O4S/c1-2-20-5-8-23(9-6-20)28-27(32)22-4-3-13-30(19-22)26-12-7-21-18-24(10-11-25(21)29-26)36(33,34)31-14-16-35-17-15-31/h5-12,18,22H,2-4,13-17,19H2,1H3,(H,28,32)/t22-/m0/s1. The smallest absolute Gasteiger partial charge is 0.243 e. The van der Waals surface area contributed by atoms with E-state index in [1.54, 1.807) is 18.2 Å². The van der Waals surface area contributed by atoms with Gasteiger partial charge in [-0.2, -0.15) is 4.31 Å². The molecule has 36 heavy (non-hydrogen) atoms. The molecule has 8 nitrogen and oxygen atoms in total. The van der Waals surface area contributed by atoms with Gasteiger partial charge in [-0.25, -0.2) is 13.4 Å². The van der Waals surface area contributed by atoms with Crippen LogP contribution in [0, 0.1) is 5.92 Å². The van der Waals surface area contributed by atoms with Crippen LogP contribution >= 0.6 is 0 Å². The van der Waals surface area contributed by atoms with Crippen LogP contribution in [0.2, 0.25) is 0 Å². The lowest BCUT2D eigenvalue weighted by Crippen LogP contribution is -2.41. The number of ether oxygens (including phenoxy) is 1. The van der Waals surface area contributed by atoms with Gasteiger partial charge in [-0.15, -0.1) is 0 Å². The van der Waals surface area contributed by atoms with Crippen molar-refractivity contribution < 1.29 is 17.9 Å². The summed E-state index contributed by atoms with van der Waals surface area (Å²) in [4.78, 5) is 20.2. The van der Waals surface area contributed by atoms with Crippen molar-refractivity contribution in [2.75, 3.05) is 49.6 Å². The van der Waals surface area contributed by atoms with E-state index in [0.29, 0.717) is 32.8 Å². The van der Waals surface area contributed by atoms with Gasteiger partial charge in [-0.05, 0) is 67.3 Å². The number of aryl methyl sites for hydroxylation is 1. The number of rotatable bonds is 6. The van der Waals surface area contributed by atoms with E-state index in [1.807, 2.05) is 36.4 Å². The van der Waals surface area contributed by atoms with Crippen LogP contribution < -0.4 is 10.2 Å². The van der Waals surface area contributed by atoms with Gasteiger partial charge in [0.05, 0.1) is 29.5 Å². The van der Waals surface area contributed by atoms with Gasteiger partial charge in [-0.3, -0.25) is 4.79 Å². The average molecular weight is 509 g/mol. The number of carbonyl (C=O) groups is 1. The second-order valence-corrected chi connectivity index (χ2v) is 11.3. The first kappa shape index (κ1) is 24.7. The number of hydrogen-bond donors (Lipinski definition) is 1. The van der Waals surface area contributed by atoms with E-state index < -0.39 is 10.0 Å². The molecule has 2 aliphatic heterocycles. The number of hydrogen-bond acceptors (Lipinski definition) is 6. The number of pyridine rings is 1. The Balaban J connectivity index is 1.29. The van der Waals surface area contributed by atoms with E-state index in [0.717, 1.165) is 48.2 Å². The van der Waals surface area contributed by atoms with Crippen molar-refractivity contribution in [1.82, 2.24) is 9.29 Å². The number of nitrogens with zero attached hydrogens (tertiary/aromatic N) is 3. The average Bonchev–Trinajstić information content (AvgIpc) is 2.93. The van der Waals surface area contributed by atoms with Gasteiger partial charge in [0, 0.05) is 37.3 Å². The predicted molar refractivity (Wildman–Crippen MR) is 141 cm³/mol. The van der Waals surface area contributed by atoms with Crippen LogP contribution in [0.4, 0.5) is 11.5 Å². The Morgan fingerprint density at radius 1 is 1.06 bits per heavy atom. The van der Waals surface area contributed by atoms with E-state index >= 15 is 0 Å². The summed E-state index contributed by atoms with van der Waals surface area (Å²) in [6.45, 7) is 5.10. The van der Waals surface area contributed by atoms with Crippen molar-refractivity contribution in [3.63, 3.8) is 0 Å². The second-order valence-electron chi connectivity index (χ2n) is 9.37. The summed E-state index contributed by atoms with van der Waals surface area (Å²) >= 11 is 0. The maximum absolute atomic E-state index is 13.0. The molecule has 1 amide bonds. The molecule has 0 saturated carbocycles. The molecule has 2 fully saturated rings. The van der Waals surface area contributed by atoms with Gasteiger partial charge in [0.2, 0.25) is 15.9 Å². The lowest BCUT2D eigenvalue weighted by atomic mass is 9.97. The number of carbonyl (C=O) groups excluding carboxylic acids is 1. The number of amides is 1.